The number of hydrogen-bond donors (Lipinski definition) is 0. The van der Waals surface area contributed by atoms with E-state index >= 15 is 0 Å². The standard InChI is InChI=1S/C21H18N4O4/c1-14-7-6-10-24-18(26)11-15(22-20(14)24)13-29-21(27)19-17(28-2)12-25(23-19)16-8-4-3-5-9-16/h3-12H,13H2,1-2H3. The highest BCUT2D eigenvalue weighted by molar-refractivity contribution is 5.90. The van der Waals surface area contributed by atoms with E-state index in [-0.39, 0.29) is 17.9 Å². The van der Waals surface area contributed by atoms with Crippen LogP contribution in [-0.2, 0) is 11.3 Å². The molecule has 0 bridgehead atoms. The third kappa shape index (κ3) is 3.60. The van der Waals surface area contributed by atoms with Crippen LogP contribution in [0.4, 0.5) is 0 Å². The zero-order valence-corrected chi connectivity index (χ0v) is 15.9. The molecule has 0 atom stereocenters. The van der Waals surface area contributed by atoms with Crippen LogP contribution in [0.2, 0.25) is 0 Å². The lowest BCUT2D eigenvalue weighted by atomic mass is 10.3. The Labute approximate surface area is 166 Å². The van der Waals surface area contributed by atoms with Crippen molar-refractivity contribution in [2.24, 2.45) is 0 Å². The molecule has 0 amide bonds. The van der Waals surface area contributed by atoms with Crippen molar-refractivity contribution in [1.29, 1.82) is 0 Å². The highest BCUT2D eigenvalue weighted by atomic mass is 16.5. The number of benzene rings is 1. The summed E-state index contributed by atoms with van der Waals surface area (Å²) >= 11 is 0. The second-order valence-corrected chi connectivity index (χ2v) is 6.37. The third-order valence-electron chi connectivity index (χ3n) is 4.41. The van der Waals surface area contributed by atoms with Gasteiger partial charge < -0.3 is 9.47 Å². The average molecular weight is 390 g/mol. The summed E-state index contributed by atoms with van der Waals surface area (Å²) in [4.78, 5) is 29.3. The van der Waals surface area contributed by atoms with Gasteiger partial charge in [0.05, 0.1) is 24.7 Å². The van der Waals surface area contributed by atoms with Gasteiger partial charge in [0.2, 0.25) is 5.69 Å². The van der Waals surface area contributed by atoms with Crippen LogP contribution in [0.25, 0.3) is 11.3 Å². The molecule has 0 aliphatic carbocycles. The molecule has 0 spiro atoms. The maximum absolute atomic E-state index is 12.6. The molecule has 1 aromatic carbocycles. The predicted octanol–water partition coefficient (Wildman–Crippen LogP) is 2.55. The summed E-state index contributed by atoms with van der Waals surface area (Å²) in [5.41, 5.74) is 2.32. The molecule has 29 heavy (non-hydrogen) atoms. The Morgan fingerprint density at radius 2 is 1.93 bits per heavy atom. The van der Waals surface area contributed by atoms with E-state index in [1.54, 1.807) is 23.1 Å². The van der Waals surface area contributed by atoms with Crippen molar-refractivity contribution < 1.29 is 14.3 Å². The highest BCUT2D eigenvalue weighted by Gasteiger charge is 2.20. The summed E-state index contributed by atoms with van der Waals surface area (Å²) in [6, 6.07) is 14.3. The minimum Gasteiger partial charge on any atom is -0.493 e. The lowest BCUT2D eigenvalue weighted by Gasteiger charge is -2.07. The summed E-state index contributed by atoms with van der Waals surface area (Å²) < 4.78 is 13.6. The fourth-order valence-corrected chi connectivity index (χ4v) is 2.95. The number of carbonyl (C=O) groups is 1. The summed E-state index contributed by atoms with van der Waals surface area (Å²) in [7, 11) is 1.46. The Hall–Kier alpha value is -3.94. The molecule has 146 valence electrons. The van der Waals surface area contributed by atoms with Gasteiger partial charge in [0.25, 0.3) is 5.56 Å². The number of nitrogens with zero attached hydrogens (tertiary/aromatic N) is 4. The van der Waals surface area contributed by atoms with Gasteiger partial charge in [-0.05, 0) is 30.7 Å². The SMILES string of the molecule is COc1cn(-c2ccccc2)nc1C(=O)OCc1cc(=O)n2cccc(C)c2n1. The first-order valence-corrected chi connectivity index (χ1v) is 8.91. The summed E-state index contributed by atoms with van der Waals surface area (Å²) in [6.07, 6.45) is 3.25. The molecule has 0 aliphatic heterocycles. The summed E-state index contributed by atoms with van der Waals surface area (Å²) in [5, 5.41) is 4.28. The van der Waals surface area contributed by atoms with Crippen LogP contribution < -0.4 is 10.3 Å². The molecule has 0 saturated heterocycles. The molecule has 8 heteroatoms. The zero-order chi connectivity index (χ0) is 20.4. The first-order valence-electron chi connectivity index (χ1n) is 8.91. The molecule has 3 heterocycles. The second-order valence-electron chi connectivity index (χ2n) is 6.37. The molecular weight excluding hydrogens is 372 g/mol. The van der Waals surface area contributed by atoms with Crippen LogP contribution in [0.5, 0.6) is 5.75 Å². The first-order chi connectivity index (χ1) is 14.1. The van der Waals surface area contributed by atoms with Crippen molar-refractivity contribution in [2.45, 2.75) is 13.5 Å². The Morgan fingerprint density at radius 3 is 2.69 bits per heavy atom. The number of aromatic nitrogens is 4. The van der Waals surface area contributed by atoms with Gasteiger partial charge >= 0.3 is 5.97 Å². The van der Waals surface area contributed by atoms with E-state index in [1.165, 1.54) is 17.6 Å². The molecule has 0 aliphatic rings. The lowest BCUT2D eigenvalue weighted by Crippen LogP contribution is -2.17. The number of para-hydroxylation sites is 1. The smallest absolute Gasteiger partial charge is 0.363 e. The monoisotopic (exact) mass is 390 g/mol. The molecule has 0 unspecified atom stereocenters. The molecule has 0 saturated carbocycles. The first kappa shape index (κ1) is 18.4. The van der Waals surface area contributed by atoms with Crippen LogP contribution in [0.15, 0.2) is 65.7 Å². The molecule has 8 nitrogen and oxygen atoms in total. The topological polar surface area (TPSA) is 87.7 Å². The van der Waals surface area contributed by atoms with Gasteiger partial charge in [-0.25, -0.2) is 14.5 Å². The van der Waals surface area contributed by atoms with Gasteiger partial charge in [-0.15, -0.1) is 0 Å². The van der Waals surface area contributed by atoms with Crippen molar-refractivity contribution in [3.8, 4) is 11.4 Å². The summed E-state index contributed by atoms with van der Waals surface area (Å²) in [6.45, 7) is 1.71. The van der Waals surface area contributed by atoms with Gasteiger partial charge in [-0.3, -0.25) is 9.20 Å². The van der Waals surface area contributed by atoms with Crippen molar-refractivity contribution >= 4 is 11.6 Å². The number of pyridine rings is 1. The summed E-state index contributed by atoms with van der Waals surface area (Å²) in [5.74, 6) is -0.371. The fraction of sp³-hybridized carbons (Fsp3) is 0.143. The van der Waals surface area contributed by atoms with Gasteiger partial charge in [0.15, 0.2) is 5.75 Å². The number of methoxy groups -OCH3 is 1. The molecule has 4 aromatic rings. The minimum atomic E-state index is -0.664. The molecule has 0 N–H and O–H groups in total. The van der Waals surface area contributed by atoms with E-state index in [0.29, 0.717) is 17.1 Å². The van der Waals surface area contributed by atoms with Gasteiger partial charge in [-0.2, -0.15) is 5.10 Å². The molecule has 3 aromatic heterocycles. The van der Waals surface area contributed by atoms with Crippen LogP contribution >= 0.6 is 0 Å². The Balaban J connectivity index is 1.58. The van der Waals surface area contributed by atoms with E-state index in [4.69, 9.17) is 9.47 Å². The molecule has 4 rings (SSSR count). The number of ether oxygens (including phenoxy) is 2. The molecule has 0 fully saturated rings. The van der Waals surface area contributed by atoms with E-state index in [9.17, 15) is 9.59 Å². The molecule has 0 radical (unpaired) electrons. The Kier molecular flexibility index (Phi) is 4.82. The van der Waals surface area contributed by atoms with E-state index in [0.717, 1.165) is 11.3 Å². The number of carbonyl (C=O) groups excluding carboxylic acids is 1. The lowest BCUT2D eigenvalue weighted by molar-refractivity contribution is 0.0456. The van der Waals surface area contributed by atoms with E-state index in [1.807, 2.05) is 43.3 Å². The number of aryl methyl sites for hydroxylation is 1. The number of hydrogen-bond acceptors (Lipinski definition) is 6. The predicted molar refractivity (Wildman–Crippen MR) is 105 cm³/mol. The minimum absolute atomic E-state index is 0.0463. The highest BCUT2D eigenvalue weighted by Crippen LogP contribution is 2.20. The molecular formula is C21H18N4O4. The van der Waals surface area contributed by atoms with Crippen LogP contribution in [0.1, 0.15) is 21.7 Å². The van der Waals surface area contributed by atoms with E-state index in [2.05, 4.69) is 10.1 Å². The quantitative estimate of drug-likeness (QED) is 0.487. The average Bonchev–Trinajstić information content (AvgIpc) is 3.18. The maximum Gasteiger partial charge on any atom is 0.363 e. The Morgan fingerprint density at radius 1 is 1.14 bits per heavy atom. The van der Waals surface area contributed by atoms with E-state index < -0.39 is 5.97 Å². The van der Waals surface area contributed by atoms with Crippen molar-refractivity contribution in [1.82, 2.24) is 19.2 Å². The van der Waals surface area contributed by atoms with Crippen LogP contribution in [-0.4, -0.2) is 32.2 Å². The van der Waals surface area contributed by atoms with Gasteiger partial charge in [0.1, 0.15) is 12.3 Å². The normalized spacial score (nSPS) is 10.8. The largest absolute Gasteiger partial charge is 0.493 e. The zero-order valence-electron chi connectivity index (χ0n) is 15.9. The number of fused-ring (bicyclic) bond motifs is 1. The Bertz CT molecular complexity index is 1240. The fourth-order valence-electron chi connectivity index (χ4n) is 2.95. The van der Waals surface area contributed by atoms with Crippen molar-refractivity contribution in [3.63, 3.8) is 0 Å². The van der Waals surface area contributed by atoms with Gasteiger partial charge in [0, 0.05) is 12.3 Å². The second kappa shape index (κ2) is 7.59. The number of rotatable bonds is 5. The maximum atomic E-state index is 12.6. The van der Waals surface area contributed by atoms with Crippen LogP contribution in [0.3, 0.4) is 0 Å². The number of esters is 1. The van der Waals surface area contributed by atoms with Crippen molar-refractivity contribution in [3.05, 3.63) is 88.2 Å². The van der Waals surface area contributed by atoms with Crippen molar-refractivity contribution in [2.75, 3.05) is 7.11 Å². The third-order valence-corrected chi connectivity index (χ3v) is 4.41. The van der Waals surface area contributed by atoms with Gasteiger partial charge in [-0.1, -0.05) is 24.3 Å². The van der Waals surface area contributed by atoms with Crippen LogP contribution in [0, 0.1) is 6.92 Å².